The molecular weight excluding hydrogens is 212 g/mol. The van der Waals surface area contributed by atoms with Gasteiger partial charge in [-0.2, -0.15) is 0 Å². The van der Waals surface area contributed by atoms with Crippen molar-refractivity contribution in [1.82, 2.24) is 0 Å². The zero-order chi connectivity index (χ0) is 13.7. The van der Waals surface area contributed by atoms with E-state index >= 15 is 0 Å². The van der Waals surface area contributed by atoms with E-state index in [9.17, 15) is 4.79 Å². The molecule has 1 aromatic rings. The van der Waals surface area contributed by atoms with E-state index in [-0.39, 0.29) is 5.97 Å². The number of hydrogen-bond donors (Lipinski definition) is 0. The van der Waals surface area contributed by atoms with Gasteiger partial charge in [-0.1, -0.05) is 58.9 Å². The molecule has 17 heavy (non-hydrogen) atoms. The Kier molecular flexibility index (Phi) is 13.6. The lowest BCUT2D eigenvalue weighted by atomic mass is 10.1. The molecule has 0 heterocycles. The summed E-state index contributed by atoms with van der Waals surface area (Å²) >= 11 is 0. The minimum absolute atomic E-state index is 0.237. The highest BCUT2D eigenvalue weighted by Gasteiger charge is 1.95. The van der Waals surface area contributed by atoms with Gasteiger partial charge >= 0.3 is 5.97 Å². The molecule has 0 aliphatic heterocycles. The molecule has 0 saturated carbocycles. The summed E-state index contributed by atoms with van der Waals surface area (Å²) in [7, 11) is 0. The third-order valence-electron chi connectivity index (χ3n) is 1.87. The number of rotatable bonds is 3. The number of aryl methyl sites for hydroxylation is 1. The summed E-state index contributed by atoms with van der Waals surface area (Å²) in [5.74, 6) is -0.237. The van der Waals surface area contributed by atoms with Crippen LogP contribution in [0.3, 0.4) is 0 Å². The smallest absolute Gasteiger partial charge is 0.302 e. The van der Waals surface area contributed by atoms with Gasteiger partial charge in [0.2, 0.25) is 0 Å². The van der Waals surface area contributed by atoms with Crippen molar-refractivity contribution in [2.75, 3.05) is 0 Å². The molecule has 2 heteroatoms. The second-order valence-corrected chi connectivity index (χ2v) is 2.95. The van der Waals surface area contributed by atoms with Crippen molar-refractivity contribution >= 4 is 5.97 Å². The fourth-order valence-electron chi connectivity index (χ4n) is 1.06. The quantitative estimate of drug-likeness (QED) is 0.731. The summed E-state index contributed by atoms with van der Waals surface area (Å²) in [5.41, 5.74) is 2.33. The Morgan fingerprint density at radius 3 is 1.76 bits per heavy atom. The topological polar surface area (TPSA) is 26.3 Å². The lowest BCUT2D eigenvalue weighted by molar-refractivity contribution is -0.142. The largest absolute Gasteiger partial charge is 0.461 e. The number of carbonyl (C=O) groups is 1. The number of esters is 1. The first-order chi connectivity index (χ1) is 8.22. The first-order valence-corrected chi connectivity index (χ1v) is 6.43. The lowest BCUT2D eigenvalue weighted by Crippen LogP contribution is -1.98. The van der Waals surface area contributed by atoms with E-state index in [2.05, 4.69) is 19.1 Å². The summed E-state index contributed by atoms with van der Waals surface area (Å²) in [5, 5.41) is 0. The molecule has 0 unspecified atom stereocenters. The highest BCUT2D eigenvalue weighted by Crippen LogP contribution is 2.06. The molecule has 2 nitrogen and oxygen atoms in total. The van der Waals surface area contributed by atoms with Crippen LogP contribution >= 0.6 is 0 Å². The van der Waals surface area contributed by atoms with E-state index in [0.717, 1.165) is 12.0 Å². The van der Waals surface area contributed by atoms with Gasteiger partial charge in [0.25, 0.3) is 0 Å². The van der Waals surface area contributed by atoms with E-state index in [0.29, 0.717) is 6.61 Å². The Bertz CT molecular complexity index is 275. The van der Waals surface area contributed by atoms with Crippen molar-refractivity contribution in [3.8, 4) is 0 Å². The predicted octanol–water partition coefficient (Wildman–Crippen LogP) is 4.36. The molecule has 0 amide bonds. The number of carbonyl (C=O) groups excluding carboxylic acids is 1. The molecule has 0 radical (unpaired) electrons. The molecule has 0 fully saturated rings. The molecule has 98 valence electrons. The lowest BCUT2D eigenvalue weighted by Gasteiger charge is -2.02. The van der Waals surface area contributed by atoms with Gasteiger partial charge in [0.1, 0.15) is 6.61 Å². The Balaban J connectivity index is 0. The molecule has 0 saturated heterocycles. The van der Waals surface area contributed by atoms with E-state index in [4.69, 9.17) is 4.74 Å². The molecule has 1 aromatic carbocycles. The van der Waals surface area contributed by atoms with Crippen LogP contribution in [0.2, 0.25) is 0 Å². The fraction of sp³-hybridized carbons (Fsp3) is 0.533. The maximum absolute atomic E-state index is 10.5. The van der Waals surface area contributed by atoms with Crippen LogP contribution in [0.25, 0.3) is 0 Å². The second-order valence-electron chi connectivity index (χ2n) is 2.95. The highest BCUT2D eigenvalue weighted by molar-refractivity contribution is 5.65. The third-order valence-corrected chi connectivity index (χ3v) is 1.87. The first kappa shape index (κ1) is 18.1. The van der Waals surface area contributed by atoms with Gasteiger partial charge in [-0.3, -0.25) is 4.79 Å². The van der Waals surface area contributed by atoms with Crippen molar-refractivity contribution < 1.29 is 9.53 Å². The van der Waals surface area contributed by atoms with Crippen LogP contribution in [0.1, 0.15) is 52.7 Å². The summed E-state index contributed by atoms with van der Waals surface area (Å²) in [6.07, 6.45) is 1.04. The van der Waals surface area contributed by atoms with Gasteiger partial charge in [-0.25, -0.2) is 0 Å². The summed E-state index contributed by atoms with van der Waals surface area (Å²) < 4.78 is 4.86. The number of ether oxygens (including phenoxy) is 1. The van der Waals surface area contributed by atoms with E-state index < -0.39 is 0 Å². The van der Waals surface area contributed by atoms with Gasteiger partial charge in [0.05, 0.1) is 0 Å². The van der Waals surface area contributed by atoms with E-state index in [1.165, 1.54) is 12.5 Å². The SMILES string of the molecule is CC.CC.CCc1ccc(COC(C)=O)cc1. The molecule has 0 bridgehead atoms. The van der Waals surface area contributed by atoms with Crippen LogP contribution in [0.15, 0.2) is 24.3 Å². The fourth-order valence-corrected chi connectivity index (χ4v) is 1.06. The summed E-state index contributed by atoms with van der Waals surface area (Å²) in [6.45, 7) is 11.9. The number of hydrogen-bond acceptors (Lipinski definition) is 2. The standard InChI is InChI=1S/C11H14O2.2C2H6/c1-3-10-4-6-11(7-5-10)8-13-9(2)12;2*1-2/h4-7H,3,8H2,1-2H3;2*1-2H3. The third kappa shape index (κ3) is 9.61. The van der Waals surface area contributed by atoms with Crippen LogP contribution in [-0.2, 0) is 22.6 Å². The first-order valence-electron chi connectivity index (χ1n) is 6.43. The molecule has 0 atom stereocenters. The molecule has 0 spiro atoms. The van der Waals surface area contributed by atoms with Gasteiger partial charge in [-0.15, -0.1) is 0 Å². The Hall–Kier alpha value is -1.31. The molecule has 1 rings (SSSR count). The average molecular weight is 238 g/mol. The zero-order valence-corrected chi connectivity index (χ0v) is 12.0. The molecule has 0 aliphatic rings. The highest BCUT2D eigenvalue weighted by atomic mass is 16.5. The van der Waals surface area contributed by atoms with Crippen LogP contribution in [0.4, 0.5) is 0 Å². The summed E-state index contributed by atoms with van der Waals surface area (Å²) in [4.78, 5) is 10.5. The Labute approximate surface area is 106 Å². The summed E-state index contributed by atoms with van der Waals surface area (Å²) in [6, 6.07) is 8.08. The van der Waals surface area contributed by atoms with Gasteiger partial charge < -0.3 is 4.74 Å². The van der Waals surface area contributed by atoms with Crippen LogP contribution in [0.5, 0.6) is 0 Å². The Morgan fingerprint density at radius 2 is 1.41 bits per heavy atom. The van der Waals surface area contributed by atoms with Crippen molar-refractivity contribution in [3.63, 3.8) is 0 Å². The Morgan fingerprint density at radius 1 is 1.00 bits per heavy atom. The molecule has 0 aromatic heterocycles. The normalized spacial score (nSPS) is 8.12. The van der Waals surface area contributed by atoms with E-state index in [1.807, 2.05) is 39.8 Å². The van der Waals surface area contributed by atoms with E-state index in [1.54, 1.807) is 0 Å². The zero-order valence-electron chi connectivity index (χ0n) is 12.0. The van der Waals surface area contributed by atoms with Crippen LogP contribution < -0.4 is 0 Å². The molecule has 0 N–H and O–H groups in total. The van der Waals surface area contributed by atoms with Gasteiger partial charge in [0, 0.05) is 6.92 Å². The molecular formula is C15H26O2. The van der Waals surface area contributed by atoms with Crippen LogP contribution in [-0.4, -0.2) is 5.97 Å². The minimum Gasteiger partial charge on any atom is -0.461 e. The van der Waals surface area contributed by atoms with Crippen molar-refractivity contribution in [3.05, 3.63) is 35.4 Å². The predicted molar refractivity (Wildman–Crippen MR) is 74.0 cm³/mol. The monoisotopic (exact) mass is 238 g/mol. The van der Waals surface area contributed by atoms with Crippen molar-refractivity contribution in [2.24, 2.45) is 0 Å². The van der Waals surface area contributed by atoms with Crippen molar-refractivity contribution in [2.45, 2.75) is 54.6 Å². The van der Waals surface area contributed by atoms with Gasteiger partial charge in [-0.05, 0) is 17.5 Å². The maximum atomic E-state index is 10.5. The maximum Gasteiger partial charge on any atom is 0.302 e. The van der Waals surface area contributed by atoms with Gasteiger partial charge in [0.15, 0.2) is 0 Å². The minimum atomic E-state index is -0.237. The van der Waals surface area contributed by atoms with Crippen LogP contribution in [0, 0.1) is 0 Å². The van der Waals surface area contributed by atoms with Crippen molar-refractivity contribution in [1.29, 1.82) is 0 Å². The average Bonchev–Trinajstić information content (AvgIpc) is 2.41. The second kappa shape index (κ2) is 12.8. The number of benzene rings is 1. The molecule has 0 aliphatic carbocycles.